The van der Waals surface area contributed by atoms with Crippen LogP contribution in [0.2, 0.25) is 5.02 Å². The largest absolute Gasteiger partial charge is 0.490 e. The van der Waals surface area contributed by atoms with Crippen LogP contribution in [-0.4, -0.2) is 30.1 Å². The summed E-state index contributed by atoms with van der Waals surface area (Å²) in [4.78, 5) is 2.61. The summed E-state index contributed by atoms with van der Waals surface area (Å²) in [5, 5.41) is 9.33. The predicted octanol–water partition coefficient (Wildman–Crippen LogP) is 3.61. The van der Waals surface area contributed by atoms with E-state index >= 15 is 0 Å². The van der Waals surface area contributed by atoms with E-state index < -0.39 is 0 Å². The van der Waals surface area contributed by atoms with Crippen LogP contribution in [0.1, 0.15) is 37.7 Å². The Bertz CT molecular complexity index is 514. The van der Waals surface area contributed by atoms with Crippen LogP contribution in [-0.2, 0) is 0 Å². The number of nitriles is 1. The third kappa shape index (κ3) is 2.92. The van der Waals surface area contributed by atoms with Gasteiger partial charge in [0.25, 0.3) is 0 Å². The van der Waals surface area contributed by atoms with Gasteiger partial charge in [0.2, 0.25) is 0 Å². The molecule has 1 aromatic rings. The lowest BCUT2D eigenvalue weighted by molar-refractivity contribution is 0.0493. The maximum atomic E-state index is 8.86. The molecule has 0 radical (unpaired) electrons. The average molecular weight is 291 g/mol. The van der Waals surface area contributed by atoms with Crippen LogP contribution < -0.4 is 4.74 Å². The normalized spacial score (nSPS) is 21.2. The molecular formula is C16H19ClN2O. The van der Waals surface area contributed by atoms with E-state index in [2.05, 4.69) is 11.0 Å². The molecule has 20 heavy (non-hydrogen) atoms. The molecule has 4 heteroatoms. The Morgan fingerprint density at radius 3 is 2.50 bits per heavy atom. The van der Waals surface area contributed by atoms with Gasteiger partial charge in [-0.1, -0.05) is 18.0 Å². The predicted molar refractivity (Wildman–Crippen MR) is 79.0 cm³/mol. The van der Waals surface area contributed by atoms with E-state index in [0.29, 0.717) is 10.6 Å². The third-order valence-corrected chi connectivity index (χ3v) is 4.74. The van der Waals surface area contributed by atoms with E-state index in [-0.39, 0.29) is 6.10 Å². The molecule has 0 amide bonds. The molecule has 1 aromatic carbocycles. The Morgan fingerprint density at radius 1 is 1.20 bits per heavy atom. The summed E-state index contributed by atoms with van der Waals surface area (Å²) < 4.78 is 5.99. The minimum absolute atomic E-state index is 0.273. The second-order valence-electron chi connectivity index (χ2n) is 5.69. The van der Waals surface area contributed by atoms with Gasteiger partial charge in [0, 0.05) is 25.2 Å². The number of ether oxygens (including phenoxy) is 1. The molecular weight excluding hydrogens is 272 g/mol. The molecule has 0 unspecified atom stereocenters. The molecule has 0 atom stereocenters. The van der Waals surface area contributed by atoms with Crippen molar-refractivity contribution in [2.24, 2.45) is 0 Å². The van der Waals surface area contributed by atoms with Gasteiger partial charge in [-0.3, -0.25) is 0 Å². The number of hydrogen-bond acceptors (Lipinski definition) is 3. The molecule has 0 bridgehead atoms. The van der Waals surface area contributed by atoms with E-state index in [4.69, 9.17) is 21.6 Å². The molecule has 3 rings (SSSR count). The highest BCUT2D eigenvalue weighted by atomic mass is 35.5. The number of piperidine rings is 1. The first-order chi connectivity index (χ1) is 9.76. The molecule has 0 spiro atoms. The second-order valence-corrected chi connectivity index (χ2v) is 6.10. The van der Waals surface area contributed by atoms with Gasteiger partial charge in [-0.25, -0.2) is 0 Å². The number of halogens is 1. The summed E-state index contributed by atoms with van der Waals surface area (Å²) in [7, 11) is 0. The summed E-state index contributed by atoms with van der Waals surface area (Å²) in [5.41, 5.74) is 0.499. The number of hydrogen-bond donors (Lipinski definition) is 0. The minimum atomic E-state index is 0.273. The van der Waals surface area contributed by atoms with Gasteiger partial charge in [-0.15, -0.1) is 0 Å². The quantitative estimate of drug-likeness (QED) is 0.853. The first-order valence-corrected chi connectivity index (χ1v) is 7.74. The lowest BCUT2D eigenvalue weighted by Gasteiger charge is -2.41. The van der Waals surface area contributed by atoms with Crippen LogP contribution in [0.25, 0.3) is 0 Å². The highest BCUT2D eigenvalue weighted by molar-refractivity contribution is 6.31. The Labute approximate surface area is 125 Å². The smallest absolute Gasteiger partial charge is 0.121 e. The van der Waals surface area contributed by atoms with E-state index in [1.807, 2.05) is 6.07 Å². The molecule has 2 aliphatic rings. The summed E-state index contributed by atoms with van der Waals surface area (Å²) in [6, 6.07) is 8.20. The van der Waals surface area contributed by atoms with Gasteiger partial charge >= 0.3 is 0 Å². The van der Waals surface area contributed by atoms with E-state index in [1.54, 1.807) is 12.1 Å². The summed E-state index contributed by atoms with van der Waals surface area (Å²) in [6.07, 6.45) is 6.57. The molecule has 1 saturated heterocycles. The topological polar surface area (TPSA) is 36.3 Å². The lowest BCUT2D eigenvalue weighted by Crippen LogP contribution is -2.46. The van der Waals surface area contributed by atoms with Gasteiger partial charge in [0.05, 0.1) is 10.6 Å². The molecule has 106 valence electrons. The Kier molecular flexibility index (Phi) is 4.14. The zero-order chi connectivity index (χ0) is 13.9. The van der Waals surface area contributed by atoms with Crippen molar-refractivity contribution in [3.8, 4) is 11.8 Å². The highest BCUT2D eigenvalue weighted by Gasteiger charge is 2.29. The Morgan fingerprint density at radius 2 is 1.95 bits per heavy atom. The summed E-state index contributed by atoms with van der Waals surface area (Å²) >= 11 is 6.03. The standard InChI is InChI=1S/C16H19ClN2O/c17-16-10-15(5-4-12(16)11-18)20-14-6-8-19(9-7-14)13-2-1-3-13/h4-5,10,13-14H,1-3,6-9H2. The van der Waals surface area contributed by atoms with Crippen molar-refractivity contribution in [1.29, 1.82) is 5.26 Å². The number of nitrogens with zero attached hydrogens (tertiary/aromatic N) is 2. The molecule has 1 aliphatic heterocycles. The van der Waals surface area contributed by atoms with Gasteiger partial charge in [-0.2, -0.15) is 5.26 Å². The molecule has 2 fully saturated rings. The second kappa shape index (κ2) is 6.03. The molecule has 0 aromatic heterocycles. The lowest BCUT2D eigenvalue weighted by atomic mass is 9.90. The summed E-state index contributed by atoms with van der Waals surface area (Å²) in [6.45, 7) is 2.28. The van der Waals surface area contributed by atoms with Crippen LogP contribution >= 0.6 is 11.6 Å². The Hall–Kier alpha value is -1.24. The van der Waals surface area contributed by atoms with Crippen molar-refractivity contribution >= 4 is 11.6 Å². The summed E-state index contributed by atoms with van der Waals surface area (Å²) in [5.74, 6) is 0.774. The molecule has 1 heterocycles. The maximum absolute atomic E-state index is 8.86. The van der Waals surface area contributed by atoms with E-state index in [0.717, 1.165) is 37.7 Å². The molecule has 1 saturated carbocycles. The number of rotatable bonds is 3. The first kappa shape index (κ1) is 13.7. The van der Waals surface area contributed by atoms with E-state index in [1.165, 1.54) is 19.3 Å². The van der Waals surface area contributed by atoms with Gasteiger partial charge in [0.15, 0.2) is 0 Å². The fraction of sp³-hybridized carbons (Fsp3) is 0.562. The van der Waals surface area contributed by atoms with E-state index in [9.17, 15) is 0 Å². The van der Waals surface area contributed by atoms with Crippen LogP contribution in [0.4, 0.5) is 0 Å². The van der Waals surface area contributed by atoms with Gasteiger partial charge in [-0.05, 0) is 37.8 Å². The molecule has 0 N–H and O–H groups in total. The van der Waals surface area contributed by atoms with Crippen molar-refractivity contribution in [3.63, 3.8) is 0 Å². The first-order valence-electron chi connectivity index (χ1n) is 7.36. The van der Waals surface area contributed by atoms with Crippen molar-refractivity contribution in [1.82, 2.24) is 4.90 Å². The van der Waals surface area contributed by atoms with Crippen LogP contribution in [0, 0.1) is 11.3 Å². The van der Waals surface area contributed by atoms with Crippen molar-refractivity contribution < 1.29 is 4.74 Å². The molecule has 1 aliphatic carbocycles. The highest BCUT2D eigenvalue weighted by Crippen LogP contribution is 2.29. The average Bonchev–Trinajstić information content (AvgIpc) is 2.39. The zero-order valence-corrected chi connectivity index (χ0v) is 12.3. The van der Waals surface area contributed by atoms with Crippen LogP contribution in [0.5, 0.6) is 5.75 Å². The number of likely N-dealkylation sites (tertiary alicyclic amines) is 1. The van der Waals surface area contributed by atoms with Crippen molar-refractivity contribution in [3.05, 3.63) is 28.8 Å². The Balaban J connectivity index is 1.54. The third-order valence-electron chi connectivity index (χ3n) is 4.43. The maximum Gasteiger partial charge on any atom is 0.121 e. The molecule has 3 nitrogen and oxygen atoms in total. The van der Waals surface area contributed by atoms with Gasteiger partial charge in [0.1, 0.15) is 17.9 Å². The fourth-order valence-electron chi connectivity index (χ4n) is 2.96. The zero-order valence-electron chi connectivity index (χ0n) is 11.5. The van der Waals surface area contributed by atoms with Gasteiger partial charge < -0.3 is 9.64 Å². The number of benzene rings is 1. The monoisotopic (exact) mass is 290 g/mol. The SMILES string of the molecule is N#Cc1ccc(OC2CCN(C3CCC3)CC2)cc1Cl. The van der Waals surface area contributed by atoms with Crippen molar-refractivity contribution in [2.45, 2.75) is 44.2 Å². The van der Waals surface area contributed by atoms with Crippen LogP contribution in [0.3, 0.4) is 0 Å². The van der Waals surface area contributed by atoms with Crippen LogP contribution in [0.15, 0.2) is 18.2 Å². The van der Waals surface area contributed by atoms with Crippen molar-refractivity contribution in [2.75, 3.05) is 13.1 Å². The minimum Gasteiger partial charge on any atom is -0.490 e. The fourth-order valence-corrected chi connectivity index (χ4v) is 3.18.